The van der Waals surface area contributed by atoms with E-state index >= 15 is 0 Å². The highest BCUT2D eigenvalue weighted by atomic mass is 16.3. The molecule has 0 bridgehead atoms. The number of amides is 2. The molecule has 1 saturated carbocycles. The summed E-state index contributed by atoms with van der Waals surface area (Å²) in [5.74, 6) is 0.344. The highest BCUT2D eigenvalue weighted by Crippen LogP contribution is 2.37. The summed E-state index contributed by atoms with van der Waals surface area (Å²) < 4.78 is 0. The van der Waals surface area contributed by atoms with Crippen molar-refractivity contribution in [1.29, 1.82) is 0 Å². The molecule has 0 spiro atoms. The summed E-state index contributed by atoms with van der Waals surface area (Å²) in [6, 6.07) is 8.86. The maximum atomic E-state index is 12.1. The summed E-state index contributed by atoms with van der Waals surface area (Å²) in [6.45, 7) is 1.34. The lowest BCUT2D eigenvalue weighted by Gasteiger charge is -2.18. The van der Waals surface area contributed by atoms with E-state index in [2.05, 4.69) is 5.32 Å². The number of fused-ring (bicyclic) bond motifs is 1. The Hall–Kier alpha value is -1.88. The van der Waals surface area contributed by atoms with E-state index in [1.54, 1.807) is 29.2 Å². The fourth-order valence-corrected chi connectivity index (χ4v) is 3.40. The summed E-state index contributed by atoms with van der Waals surface area (Å²) in [6.07, 6.45) is 1.57. The number of nitrogens with zero attached hydrogens (tertiary/aromatic N) is 1. The Morgan fingerprint density at radius 1 is 1.19 bits per heavy atom. The van der Waals surface area contributed by atoms with Crippen molar-refractivity contribution in [3.05, 3.63) is 35.9 Å². The first-order chi connectivity index (χ1) is 10.1. The molecule has 1 aliphatic carbocycles. The molecule has 0 aromatic heterocycles. The van der Waals surface area contributed by atoms with Gasteiger partial charge in [0.2, 0.25) is 5.91 Å². The van der Waals surface area contributed by atoms with Gasteiger partial charge < -0.3 is 15.3 Å². The van der Waals surface area contributed by atoms with E-state index in [0.29, 0.717) is 24.6 Å². The Bertz CT molecular complexity index is 532. The lowest BCUT2D eigenvalue weighted by atomic mass is 10.00. The molecular weight excluding hydrogens is 268 g/mol. The van der Waals surface area contributed by atoms with Crippen molar-refractivity contribution in [3.8, 4) is 0 Å². The van der Waals surface area contributed by atoms with E-state index in [4.69, 9.17) is 0 Å². The van der Waals surface area contributed by atoms with E-state index < -0.39 is 0 Å². The molecule has 112 valence electrons. The molecule has 1 heterocycles. The van der Waals surface area contributed by atoms with Gasteiger partial charge in [0.25, 0.3) is 5.91 Å². The highest BCUT2D eigenvalue weighted by molar-refractivity contribution is 5.96. The van der Waals surface area contributed by atoms with E-state index in [0.717, 1.165) is 12.8 Å². The Kier molecular flexibility index (Phi) is 3.92. The summed E-state index contributed by atoms with van der Waals surface area (Å²) >= 11 is 0. The number of hydrogen-bond donors (Lipinski definition) is 2. The molecule has 3 unspecified atom stereocenters. The molecule has 21 heavy (non-hydrogen) atoms. The zero-order valence-electron chi connectivity index (χ0n) is 11.9. The van der Waals surface area contributed by atoms with Crippen LogP contribution in [-0.4, -0.2) is 47.6 Å². The van der Waals surface area contributed by atoms with Crippen LogP contribution in [0.15, 0.2) is 30.3 Å². The topological polar surface area (TPSA) is 69.6 Å². The highest BCUT2D eigenvalue weighted by Gasteiger charge is 2.43. The second kappa shape index (κ2) is 5.85. The first-order valence-electron chi connectivity index (χ1n) is 7.44. The molecule has 2 aliphatic rings. The molecular formula is C16H20N2O3. The summed E-state index contributed by atoms with van der Waals surface area (Å²) in [5, 5.41) is 12.5. The third-order valence-corrected chi connectivity index (χ3v) is 4.61. The fourth-order valence-electron chi connectivity index (χ4n) is 3.40. The first kappa shape index (κ1) is 14.1. The quantitative estimate of drug-likeness (QED) is 0.858. The minimum atomic E-state index is -0.272. The number of likely N-dealkylation sites (tertiary alicyclic amines) is 1. The van der Waals surface area contributed by atoms with Crippen LogP contribution in [0.2, 0.25) is 0 Å². The molecule has 1 aliphatic heterocycles. The van der Waals surface area contributed by atoms with Gasteiger partial charge in [-0.1, -0.05) is 18.2 Å². The second-order valence-corrected chi connectivity index (χ2v) is 5.92. The van der Waals surface area contributed by atoms with E-state index in [1.807, 2.05) is 6.07 Å². The number of carbonyl (C=O) groups excluding carboxylic acids is 2. The molecule has 1 aromatic rings. The smallest absolute Gasteiger partial charge is 0.251 e. The van der Waals surface area contributed by atoms with Crippen LogP contribution in [-0.2, 0) is 4.79 Å². The van der Waals surface area contributed by atoms with Crippen molar-refractivity contribution in [2.45, 2.75) is 18.9 Å². The Labute approximate surface area is 123 Å². The predicted molar refractivity (Wildman–Crippen MR) is 77.6 cm³/mol. The predicted octanol–water partition coefficient (Wildman–Crippen LogP) is 0.646. The zero-order chi connectivity index (χ0) is 14.8. The number of carbonyl (C=O) groups is 2. The van der Waals surface area contributed by atoms with Crippen molar-refractivity contribution in [1.82, 2.24) is 10.2 Å². The Morgan fingerprint density at radius 3 is 2.67 bits per heavy atom. The minimum absolute atomic E-state index is 0.0171. The van der Waals surface area contributed by atoms with Gasteiger partial charge in [-0.15, -0.1) is 0 Å². The number of aliphatic hydroxyl groups is 1. The number of aliphatic hydroxyl groups excluding tert-OH is 1. The standard InChI is InChI=1S/C16H20N2O3/c19-14-7-6-12-9-18(10-13(12)14)15(20)8-17-16(21)11-4-2-1-3-5-11/h1-5,12-14,19H,6-10H2,(H,17,21). The second-order valence-electron chi connectivity index (χ2n) is 5.92. The Morgan fingerprint density at radius 2 is 1.95 bits per heavy atom. The molecule has 2 N–H and O–H groups in total. The van der Waals surface area contributed by atoms with Gasteiger partial charge in [0.15, 0.2) is 0 Å². The largest absolute Gasteiger partial charge is 0.393 e. The molecule has 5 heteroatoms. The SMILES string of the molecule is O=C(NCC(=O)N1CC2CCC(O)C2C1)c1ccccc1. The van der Waals surface area contributed by atoms with Crippen molar-refractivity contribution in [3.63, 3.8) is 0 Å². The average Bonchev–Trinajstić information content (AvgIpc) is 3.08. The maximum Gasteiger partial charge on any atom is 0.251 e. The van der Waals surface area contributed by atoms with Gasteiger partial charge in [0.1, 0.15) is 0 Å². The third kappa shape index (κ3) is 2.93. The fraction of sp³-hybridized carbons (Fsp3) is 0.500. The van der Waals surface area contributed by atoms with Crippen molar-refractivity contribution in [2.75, 3.05) is 19.6 Å². The Balaban J connectivity index is 1.50. The molecule has 1 aromatic carbocycles. The summed E-state index contributed by atoms with van der Waals surface area (Å²) in [7, 11) is 0. The van der Waals surface area contributed by atoms with Crippen LogP contribution < -0.4 is 5.32 Å². The first-order valence-corrected chi connectivity index (χ1v) is 7.44. The average molecular weight is 288 g/mol. The molecule has 1 saturated heterocycles. The van der Waals surface area contributed by atoms with Crippen LogP contribution in [0.1, 0.15) is 23.2 Å². The molecule has 0 radical (unpaired) electrons. The maximum absolute atomic E-state index is 12.1. The molecule has 3 rings (SSSR count). The third-order valence-electron chi connectivity index (χ3n) is 4.61. The normalized spacial score (nSPS) is 27.5. The molecule has 2 fully saturated rings. The minimum Gasteiger partial charge on any atom is -0.393 e. The van der Waals surface area contributed by atoms with Gasteiger partial charge in [0, 0.05) is 24.6 Å². The number of nitrogens with one attached hydrogen (secondary N) is 1. The lowest BCUT2D eigenvalue weighted by Crippen LogP contribution is -2.39. The molecule has 3 atom stereocenters. The van der Waals surface area contributed by atoms with Crippen LogP contribution in [0.25, 0.3) is 0 Å². The van der Waals surface area contributed by atoms with Gasteiger partial charge in [-0.3, -0.25) is 9.59 Å². The molecule has 2 amide bonds. The van der Waals surface area contributed by atoms with Crippen molar-refractivity contribution in [2.24, 2.45) is 11.8 Å². The van der Waals surface area contributed by atoms with Crippen LogP contribution in [0.3, 0.4) is 0 Å². The van der Waals surface area contributed by atoms with Gasteiger partial charge in [-0.25, -0.2) is 0 Å². The molecule has 5 nitrogen and oxygen atoms in total. The van der Waals surface area contributed by atoms with Crippen LogP contribution in [0.4, 0.5) is 0 Å². The van der Waals surface area contributed by atoms with Crippen LogP contribution >= 0.6 is 0 Å². The van der Waals surface area contributed by atoms with Crippen LogP contribution in [0, 0.1) is 11.8 Å². The summed E-state index contributed by atoms with van der Waals surface area (Å²) in [4.78, 5) is 25.8. The monoisotopic (exact) mass is 288 g/mol. The van der Waals surface area contributed by atoms with E-state index in [-0.39, 0.29) is 30.4 Å². The van der Waals surface area contributed by atoms with E-state index in [1.165, 1.54) is 0 Å². The number of benzene rings is 1. The van der Waals surface area contributed by atoms with Crippen molar-refractivity contribution < 1.29 is 14.7 Å². The zero-order valence-corrected chi connectivity index (χ0v) is 11.9. The van der Waals surface area contributed by atoms with Gasteiger partial charge in [0.05, 0.1) is 12.6 Å². The summed E-state index contributed by atoms with van der Waals surface area (Å²) in [5.41, 5.74) is 0.555. The lowest BCUT2D eigenvalue weighted by molar-refractivity contribution is -0.129. The van der Waals surface area contributed by atoms with Gasteiger partial charge in [-0.05, 0) is 30.9 Å². The van der Waals surface area contributed by atoms with Crippen LogP contribution in [0.5, 0.6) is 0 Å². The van der Waals surface area contributed by atoms with Crippen molar-refractivity contribution >= 4 is 11.8 Å². The number of rotatable bonds is 3. The van der Waals surface area contributed by atoms with E-state index in [9.17, 15) is 14.7 Å². The number of hydrogen-bond acceptors (Lipinski definition) is 3. The van der Waals surface area contributed by atoms with Gasteiger partial charge >= 0.3 is 0 Å². The van der Waals surface area contributed by atoms with Gasteiger partial charge in [-0.2, -0.15) is 0 Å².